The molecule has 8 rings (SSSR count). The fraction of sp³-hybridized carbons (Fsp3) is 0.317. The third kappa shape index (κ3) is 3.99. The molecule has 43 heavy (non-hydrogen) atoms. The average Bonchev–Trinajstić information content (AvgIpc) is 3.34. The number of hydrogen-bond donors (Lipinski definition) is 0. The van der Waals surface area contributed by atoms with Gasteiger partial charge >= 0.3 is 0 Å². The molecule has 3 atom stereocenters. The molecule has 2 nitrogen and oxygen atoms in total. The van der Waals surface area contributed by atoms with Gasteiger partial charge in [-0.3, -0.25) is 0 Å². The molecule has 3 unspecified atom stereocenters. The highest BCUT2D eigenvalue weighted by molar-refractivity contribution is 5.69. The van der Waals surface area contributed by atoms with Crippen molar-refractivity contribution in [2.24, 2.45) is 5.92 Å². The van der Waals surface area contributed by atoms with Gasteiger partial charge in [-0.2, -0.15) is 0 Å². The molecule has 216 valence electrons. The van der Waals surface area contributed by atoms with Crippen molar-refractivity contribution in [3.8, 4) is 0 Å². The summed E-state index contributed by atoms with van der Waals surface area (Å²) in [6.07, 6.45) is 23.1. The summed E-state index contributed by atoms with van der Waals surface area (Å²) >= 11 is 0. The zero-order valence-electron chi connectivity index (χ0n) is 25.4. The maximum Gasteiger partial charge on any atom is 0.178 e. The predicted octanol–water partition coefficient (Wildman–Crippen LogP) is 9.67. The van der Waals surface area contributed by atoms with E-state index < -0.39 is 5.60 Å². The Kier molecular flexibility index (Phi) is 6.37. The highest BCUT2D eigenvalue weighted by Crippen LogP contribution is 2.64. The van der Waals surface area contributed by atoms with Gasteiger partial charge in [0.2, 0.25) is 0 Å². The second-order valence-corrected chi connectivity index (χ2v) is 13.3. The summed E-state index contributed by atoms with van der Waals surface area (Å²) in [6.45, 7) is 0. The molecule has 0 bridgehead atoms. The molecule has 0 aromatic heterocycles. The van der Waals surface area contributed by atoms with Crippen molar-refractivity contribution in [2.75, 3.05) is 19.0 Å². The van der Waals surface area contributed by atoms with Gasteiger partial charge < -0.3 is 9.64 Å². The van der Waals surface area contributed by atoms with Gasteiger partial charge in [0.25, 0.3) is 0 Å². The minimum Gasteiger partial charge on any atom is -0.473 e. The van der Waals surface area contributed by atoms with Crippen LogP contribution in [0.25, 0.3) is 0 Å². The molecule has 3 aromatic carbocycles. The van der Waals surface area contributed by atoms with E-state index in [0.717, 1.165) is 16.9 Å². The number of nitrogens with zero attached hydrogens (tertiary/aromatic N) is 1. The molecule has 0 radical (unpaired) electrons. The van der Waals surface area contributed by atoms with Crippen molar-refractivity contribution >= 4 is 5.69 Å². The van der Waals surface area contributed by atoms with Crippen LogP contribution in [0.5, 0.6) is 0 Å². The molecule has 1 heterocycles. The normalized spacial score (nSPS) is 26.7. The highest BCUT2D eigenvalue weighted by atomic mass is 16.5. The quantitative estimate of drug-likeness (QED) is 0.315. The smallest absolute Gasteiger partial charge is 0.178 e. The van der Waals surface area contributed by atoms with Gasteiger partial charge in [0.05, 0.1) is 0 Å². The van der Waals surface area contributed by atoms with E-state index >= 15 is 0 Å². The van der Waals surface area contributed by atoms with E-state index in [1.807, 2.05) is 0 Å². The van der Waals surface area contributed by atoms with Crippen LogP contribution in [0, 0.1) is 5.92 Å². The van der Waals surface area contributed by atoms with Crippen LogP contribution in [-0.2, 0) is 15.8 Å². The molecule has 0 saturated heterocycles. The van der Waals surface area contributed by atoms with E-state index in [-0.39, 0.29) is 11.3 Å². The minimum absolute atomic E-state index is 0.0800. The zero-order chi connectivity index (χ0) is 29.0. The lowest BCUT2D eigenvalue weighted by atomic mass is 9.62. The molecule has 0 amide bonds. The number of fused-ring (bicyclic) bond motifs is 8. The molecule has 1 spiro atoms. The van der Waals surface area contributed by atoms with Crippen LogP contribution in [0.15, 0.2) is 138 Å². The van der Waals surface area contributed by atoms with Gasteiger partial charge in [-0.15, -0.1) is 0 Å². The maximum absolute atomic E-state index is 7.55. The van der Waals surface area contributed by atoms with Crippen LogP contribution in [0.1, 0.15) is 73.1 Å². The summed E-state index contributed by atoms with van der Waals surface area (Å²) in [7, 11) is 4.19. The van der Waals surface area contributed by atoms with Crippen molar-refractivity contribution in [1.29, 1.82) is 0 Å². The summed E-state index contributed by atoms with van der Waals surface area (Å²) in [4.78, 5) is 2.15. The van der Waals surface area contributed by atoms with Crippen molar-refractivity contribution in [3.63, 3.8) is 0 Å². The Morgan fingerprint density at radius 1 is 0.721 bits per heavy atom. The topological polar surface area (TPSA) is 12.5 Å². The molecule has 1 saturated carbocycles. The van der Waals surface area contributed by atoms with E-state index in [1.54, 1.807) is 16.7 Å². The third-order valence-electron chi connectivity index (χ3n) is 10.8. The number of rotatable bonds is 3. The Morgan fingerprint density at radius 3 is 2.19 bits per heavy atom. The zero-order valence-corrected chi connectivity index (χ0v) is 25.4. The summed E-state index contributed by atoms with van der Waals surface area (Å²) < 4.78 is 7.55. The predicted molar refractivity (Wildman–Crippen MR) is 177 cm³/mol. The SMILES string of the molecule is CN(C)c1ccc(C2(c3ccccc3)C=CC3=C4C(c5ccccc5C45CCCCCCC5)C4C=CC=CC4=C3O2)cc1. The second kappa shape index (κ2) is 10.3. The first-order valence-corrected chi connectivity index (χ1v) is 16.3. The monoisotopic (exact) mass is 563 g/mol. The first-order chi connectivity index (χ1) is 21.1. The Labute approximate surface area is 256 Å². The lowest BCUT2D eigenvalue weighted by molar-refractivity contribution is 0.0743. The summed E-state index contributed by atoms with van der Waals surface area (Å²) in [5.41, 5.74) is 10.3. The summed E-state index contributed by atoms with van der Waals surface area (Å²) in [5.74, 6) is 1.72. The third-order valence-corrected chi connectivity index (χ3v) is 10.8. The van der Waals surface area contributed by atoms with Gasteiger partial charge in [0.1, 0.15) is 5.76 Å². The molecular weight excluding hydrogens is 522 g/mol. The first-order valence-electron chi connectivity index (χ1n) is 16.3. The Bertz CT molecular complexity index is 1690. The Balaban J connectivity index is 1.39. The Morgan fingerprint density at radius 2 is 1.42 bits per heavy atom. The van der Waals surface area contributed by atoms with E-state index in [2.05, 4.69) is 134 Å². The van der Waals surface area contributed by atoms with E-state index in [9.17, 15) is 0 Å². The van der Waals surface area contributed by atoms with Gasteiger partial charge in [-0.25, -0.2) is 0 Å². The lowest BCUT2D eigenvalue weighted by Crippen LogP contribution is -2.37. The highest BCUT2D eigenvalue weighted by Gasteiger charge is 2.55. The van der Waals surface area contributed by atoms with Gasteiger partial charge in [-0.1, -0.05) is 129 Å². The van der Waals surface area contributed by atoms with Gasteiger partial charge in [-0.05, 0) is 47.8 Å². The standard InChI is InChI=1S/C41H41NO/c1-42(2)31-23-21-30(22-24-31)41(29-15-7-6-8-16-29)28-25-35-38-37(32-17-9-10-18-33(32)39(35)43-41)34-19-11-12-20-36(34)40(38)26-13-4-3-5-14-27-40/h6-12,15-25,28,32,37H,3-5,13-14,26-27H2,1-2H3. The average molecular weight is 564 g/mol. The number of hydrogen-bond acceptors (Lipinski definition) is 2. The van der Waals surface area contributed by atoms with Crippen molar-refractivity contribution in [3.05, 3.63) is 160 Å². The van der Waals surface area contributed by atoms with Crippen LogP contribution in [0.3, 0.4) is 0 Å². The van der Waals surface area contributed by atoms with Crippen LogP contribution in [0.2, 0.25) is 0 Å². The van der Waals surface area contributed by atoms with Crippen molar-refractivity contribution in [2.45, 2.75) is 61.9 Å². The summed E-state index contributed by atoms with van der Waals surface area (Å²) in [6, 6.07) is 29.1. The molecule has 5 aliphatic rings. The second-order valence-electron chi connectivity index (χ2n) is 13.3. The number of benzene rings is 3. The number of anilines is 1. The Hall–Kier alpha value is -4.04. The van der Waals surface area contributed by atoms with Crippen LogP contribution in [0.4, 0.5) is 5.69 Å². The van der Waals surface area contributed by atoms with E-state index in [4.69, 9.17) is 4.74 Å². The lowest BCUT2D eigenvalue weighted by Gasteiger charge is -2.45. The van der Waals surface area contributed by atoms with Crippen LogP contribution < -0.4 is 4.90 Å². The number of allylic oxidation sites excluding steroid dienone is 7. The molecule has 1 aliphatic heterocycles. The van der Waals surface area contributed by atoms with E-state index in [0.29, 0.717) is 5.92 Å². The van der Waals surface area contributed by atoms with Gasteiger partial charge in [0.15, 0.2) is 5.60 Å². The molecule has 0 N–H and O–H groups in total. The summed E-state index contributed by atoms with van der Waals surface area (Å²) in [5, 5.41) is 0. The fourth-order valence-electron chi connectivity index (χ4n) is 8.85. The van der Waals surface area contributed by atoms with Crippen molar-refractivity contribution in [1.82, 2.24) is 0 Å². The van der Waals surface area contributed by atoms with Crippen LogP contribution in [-0.4, -0.2) is 14.1 Å². The maximum atomic E-state index is 7.55. The molecule has 4 aliphatic carbocycles. The van der Waals surface area contributed by atoms with E-state index in [1.165, 1.54) is 61.8 Å². The van der Waals surface area contributed by atoms with Gasteiger partial charge in [0, 0.05) is 59.3 Å². The molecule has 2 heteroatoms. The largest absolute Gasteiger partial charge is 0.473 e. The first kappa shape index (κ1) is 26.6. The number of ether oxygens (including phenoxy) is 1. The fourth-order valence-corrected chi connectivity index (χ4v) is 8.85. The molecular formula is C41H41NO. The van der Waals surface area contributed by atoms with Crippen LogP contribution >= 0.6 is 0 Å². The molecule has 3 aromatic rings. The van der Waals surface area contributed by atoms with Crippen molar-refractivity contribution < 1.29 is 4.74 Å². The minimum atomic E-state index is -0.704. The molecule has 1 fully saturated rings.